The Hall–Kier alpha value is -1.89. The van der Waals surface area contributed by atoms with Crippen molar-refractivity contribution in [1.82, 2.24) is 9.62 Å². The second kappa shape index (κ2) is 9.50. The molecular formula is C23H29ClN2O3S. The Labute approximate surface area is 184 Å². The molecule has 162 valence electrons. The molecule has 1 aliphatic rings. The first-order valence-corrected chi connectivity index (χ1v) is 12.2. The number of hydrogen-bond acceptors (Lipinski definition) is 3. The summed E-state index contributed by atoms with van der Waals surface area (Å²) < 4.78 is 27.7. The smallest absolute Gasteiger partial charge is 0.253 e. The van der Waals surface area contributed by atoms with Gasteiger partial charge in [0.2, 0.25) is 10.0 Å². The van der Waals surface area contributed by atoms with Crippen LogP contribution in [0.15, 0.2) is 41.3 Å². The molecule has 0 saturated carbocycles. The number of benzene rings is 2. The summed E-state index contributed by atoms with van der Waals surface area (Å²) in [5.41, 5.74) is 3.38. The van der Waals surface area contributed by atoms with Crippen LogP contribution in [0.1, 0.15) is 65.7 Å². The molecule has 1 heterocycles. The third kappa shape index (κ3) is 5.05. The standard InChI is InChI=1S/C23H29ClN2O3S/c1-16-8-9-17(2)20(14-16)18(3)25-23(27)21-15-19(10-11-22(21)24)30(28,29)26-12-6-4-5-7-13-26/h8-11,14-15,18H,4-7,12-13H2,1-3H3,(H,25,27). The van der Waals surface area contributed by atoms with E-state index < -0.39 is 10.0 Å². The quantitative estimate of drug-likeness (QED) is 0.698. The highest BCUT2D eigenvalue weighted by molar-refractivity contribution is 7.89. The summed E-state index contributed by atoms with van der Waals surface area (Å²) in [6.45, 7) is 6.93. The summed E-state index contributed by atoms with van der Waals surface area (Å²) >= 11 is 6.27. The summed E-state index contributed by atoms with van der Waals surface area (Å²) in [5.74, 6) is -0.388. The van der Waals surface area contributed by atoms with Crippen molar-refractivity contribution in [2.24, 2.45) is 0 Å². The molecule has 1 saturated heterocycles. The fourth-order valence-electron chi connectivity index (χ4n) is 3.85. The van der Waals surface area contributed by atoms with Gasteiger partial charge in [0.25, 0.3) is 5.91 Å². The van der Waals surface area contributed by atoms with Gasteiger partial charge in [-0.3, -0.25) is 4.79 Å². The summed E-state index contributed by atoms with van der Waals surface area (Å²) in [4.78, 5) is 13.1. The number of sulfonamides is 1. The zero-order chi connectivity index (χ0) is 21.9. The van der Waals surface area contributed by atoms with Gasteiger partial charge in [-0.2, -0.15) is 4.31 Å². The fraction of sp³-hybridized carbons (Fsp3) is 0.435. The van der Waals surface area contributed by atoms with E-state index in [9.17, 15) is 13.2 Å². The second-order valence-corrected chi connectivity index (χ2v) is 10.4. The number of nitrogens with one attached hydrogen (secondary N) is 1. The van der Waals surface area contributed by atoms with Gasteiger partial charge >= 0.3 is 0 Å². The van der Waals surface area contributed by atoms with Gasteiger partial charge < -0.3 is 5.32 Å². The molecule has 0 radical (unpaired) electrons. The molecule has 2 aromatic carbocycles. The number of nitrogens with zero attached hydrogens (tertiary/aromatic N) is 1. The van der Waals surface area contributed by atoms with Gasteiger partial charge in [0.15, 0.2) is 0 Å². The number of rotatable bonds is 5. The van der Waals surface area contributed by atoms with Gasteiger partial charge in [0.1, 0.15) is 0 Å². The molecule has 30 heavy (non-hydrogen) atoms. The van der Waals surface area contributed by atoms with Crippen LogP contribution >= 0.6 is 11.6 Å². The maximum atomic E-state index is 13.1. The van der Waals surface area contributed by atoms with E-state index in [2.05, 4.69) is 5.32 Å². The summed E-state index contributed by atoms with van der Waals surface area (Å²) in [6.07, 6.45) is 3.79. The molecule has 1 unspecified atom stereocenters. The van der Waals surface area contributed by atoms with Crippen LogP contribution in [-0.2, 0) is 10.0 Å². The molecular weight excluding hydrogens is 420 g/mol. The van der Waals surface area contributed by atoms with Gasteiger partial charge in [0, 0.05) is 13.1 Å². The lowest BCUT2D eigenvalue weighted by atomic mass is 10.00. The van der Waals surface area contributed by atoms with E-state index in [4.69, 9.17) is 11.6 Å². The van der Waals surface area contributed by atoms with Crippen LogP contribution in [0.4, 0.5) is 0 Å². The monoisotopic (exact) mass is 448 g/mol. The van der Waals surface area contributed by atoms with Gasteiger partial charge in [-0.25, -0.2) is 8.42 Å². The highest BCUT2D eigenvalue weighted by Gasteiger charge is 2.27. The van der Waals surface area contributed by atoms with Gasteiger partial charge in [-0.05, 0) is 62.9 Å². The number of carbonyl (C=O) groups is 1. The average molecular weight is 449 g/mol. The van der Waals surface area contributed by atoms with Crippen LogP contribution in [0, 0.1) is 13.8 Å². The first kappa shape index (κ1) is 22.8. The van der Waals surface area contributed by atoms with Crippen molar-refractivity contribution in [2.75, 3.05) is 13.1 Å². The lowest BCUT2D eigenvalue weighted by Gasteiger charge is -2.21. The maximum absolute atomic E-state index is 13.1. The molecule has 2 aromatic rings. The van der Waals surface area contributed by atoms with Crippen molar-refractivity contribution >= 4 is 27.5 Å². The third-order valence-corrected chi connectivity index (χ3v) is 7.86. The molecule has 1 amide bonds. The Bertz CT molecular complexity index is 1030. The minimum Gasteiger partial charge on any atom is -0.345 e. The average Bonchev–Trinajstić information content (AvgIpc) is 3.00. The van der Waals surface area contributed by atoms with Crippen LogP contribution in [0.5, 0.6) is 0 Å². The first-order chi connectivity index (χ1) is 14.2. The SMILES string of the molecule is Cc1ccc(C)c(C(C)NC(=O)c2cc(S(=O)(=O)N3CCCCCC3)ccc2Cl)c1. The van der Waals surface area contributed by atoms with Crippen LogP contribution in [0.25, 0.3) is 0 Å². The Morgan fingerprint density at radius 2 is 1.70 bits per heavy atom. The van der Waals surface area contributed by atoms with Crippen molar-refractivity contribution < 1.29 is 13.2 Å². The molecule has 0 spiro atoms. The Morgan fingerprint density at radius 3 is 2.37 bits per heavy atom. The fourth-order valence-corrected chi connectivity index (χ4v) is 5.60. The lowest BCUT2D eigenvalue weighted by Crippen LogP contribution is -2.32. The highest BCUT2D eigenvalue weighted by atomic mass is 35.5. The second-order valence-electron chi connectivity index (χ2n) is 8.02. The predicted octanol–water partition coefficient (Wildman–Crippen LogP) is 5.01. The molecule has 1 N–H and O–H groups in total. The maximum Gasteiger partial charge on any atom is 0.253 e. The molecule has 7 heteroatoms. The van der Waals surface area contributed by atoms with E-state index in [1.54, 1.807) is 0 Å². The van der Waals surface area contributed by atoms with E-state index >= 15 is 0 Å². The minimum atomic E-state index is -3.66. The van der Waals surface area contributed by atoms with Gasteiger partial charge in [-0.1, -0.05) is 48.2 Å². The van der Waals surface area contributed by atoms with Crippen molar-refractivity contribution in [3.63, 3.8) is 0 Å². The van der Waals surface area contributed by atoms with Crippen molar-refractivity contribution in [1.29, 1.82) is 0 Å². The Balaban J connectivity index is 1.85. The van der Waals surface area contributed by atoms with E-state index in [1.807, 2.05) is 39.0 Å². The molecule has 0 aromatic heterocycles. The molecule has 5 nitrogen and oxygen atoms in total. The van der Waals surface area contributed by atoms with Crippen molar-refractivity contribution in [2.45, 2.75) is 57.4 Å². The highest BCUT2D eigenvalue weighted by Crippen LogP contribution is 2.26. The molecule has 1 fully saturated rings. The van der Waals surface area contributed by atoms with E-state index in [1.165, 1.54) is 22.5 Å². The first-order valence-electron chi connectivity index (χ1n) is 10.4. The van der Waals surface area contributed by atoms with E-state index in [-0.39, 0.29) is 27.4 Å². The number of carbonyl (C=O) groups excluding carboxylic acids is 1. The third-order valence-electron chi connectivity index (χ3n) is 5.63. The Kier molecular flexibility index (Phi) is 7.22. The largest absolute Gasteiger partial charge is 0.345 e. The summed E-state index contributed by atoms with van der Waals surface area (Å²) in [5, 5.41) is 3.19. The van der Waals surface area contributed by atoms with Crippen molar-refractivity contribution in [3.05, 3.63) is 63.7 Å². The molecule has 1 aliphatic heterocycles. The van der Waals surface area contributed by atoms with Gasteiger partial charge in [-0.15, -0.1) is 0 Å². The number of hydrogen-bond donors (Lipinski definition) is 1. The predicted molar refractivity (Wildman–Crippen MR) is 120 cm³/mol. The van der Waals surface area contributed by atoms with E-state index in [0.717, 1.165) is 42.4 Å². The normalized spacial score (nSPS) is 16.7. The molecule has 0 aliphatic carbocycles. The number of aryl methyl sites for hydroxylation is 2. The topological polar surface area (TPSA) is 66.5 Å². The summed E-state index contributed by atoms with van der Waals surface area (Å²) in [7, 11) is -3.66. The molecule has 3 rings (SSSR count). The minimum absolute atomic E-state index is 0.110. The summed E-state index contributed by atoms with van der Waals surface area (Å²) in [6, 6.07) is 10.2. The van der Waals surface area contributed by atoms with Crippen LogP contribution in [-0.4, -0.2) is 31.7 Å². The lowest BCUT2D eigenvalue weighted by molar-refractivity contribution is 0.0939. The van der Waals surface area contributed by atoms with E-state index in [0.29, 0.717) is 13.1 Å². The van der Waals surface area contributed by atoms with Crippen molar-refractivity contribution in [3.8, 4) is 0 Å². The zero-order valence-electron chi connectivity index (χ0n) is 17.7. The Morgan fingerprint density at radius 1 is 1.03 bits per heavy atom. The molecule has 1 atom stereocenters. The van der Waals surface area contributed by atoms with Crippen LogP contribution in [0.2, 0.25) is 5.02 Å². The molecule has 0 bridgehead atoms. The van der Waals surface area contributed by atoms with Gasteiger partial charge in [0.05, 0.1) is 21.5 Å². The van der Waals surface area contributed by atoms with Crippen LogP contribution in [0.3, 0.4) is 0 Å². The number of halogens is 1. The zero-order valence-corrected chi connectivity index (χ0v) is 19.3. The number of amides is 1. The van der Waals surface area contributed by atoms with Crippen LogP contribution < -0.4 is 5.32 Å².